The Morgan fingerprint density at radius 2 is 1.79 bits per heavy atom. The number of esters is 1. The molecule has 1 aromatic carbocycles. The minimum Gasteiger partial charge on any atom is -0.458 e. The molecule has 2 N–H and O–H groups in total. The van der Waals surface area contributed by atoms with E-state index in [9.17, 15) is 28.1 Å². The van der Waals surface area contributed by atoms with Crippen molar-refractivity contribution in [3.8, 4) is 0 Å². The first kappa shape index (κ1) is 23.5. The lowest BCUT2D eigenvalue weighted by Crippen LogP contribution is -2.50. The zero-order valence-electron chi connectivity index (χ0n) is 16.4. The van der Waals surface area contributed by atoms with Gasteiger partial charge >= 0.3 is 5.97 Å². The Morgan fingerprint density at radius 1 is 1.21 bits per heavy atom. The van der Waals surface area contributed by atoms with Crippen LogP contribution >= 0.6 is 0 Å². The van der Waals surface area contributed by atoms with Gasteiger partial charge in [0.1, 0.15) is 11.6 Å². The second-order valence-electron chi connectivity index (χ2n) is 7.37. The van der Waals surface area contributed by atoms with Crippen molar-refractivity contribution >= 4 is 27.6 Å². The summed E-state index contributed by atoms with van der Waals surface area (Å²) >= 11 is 0. The Hall–Kier alpha value is -2.53. The fourth-order valence-corrected chi connectivity index (χ4v) is 3.31. The number of sulfonamides is 1. The summed E-state index contributed by atoms with van der Waals surface area (Å²) in [5, 5.41) is 13.4. The molecule has 0 saturated carbocycles. The summed E-state index contributed by atoms with van der Waals surface area (Å²) in [5.74, 6) is -1.71. The number of nitro groups is 1. The number of carbonyl (C=O) groups excluding carboxylic acids is 2. The summed E-state index contributed by atoms with van der Waals surface area (Å²) in [6, 6.07) is 3.81. The van der Waals surface area contributed by atoms with Crippen LogP contribution in [0.3, 0.4) is 0 Å². The molecule has 0 heterocycles. The SMILES string of the molecule is CC(C)[C@H](NC(=O)CNS(=O)(=O)c1ccccc1[N+](=O)[O-])C(=O)OC(C)(C)C. The summed E-state index contributed by atoms with van der Waals surface area (Å²) in [6.07, 6.45) is 0. The number of hydrogen-bond donors (Lipinski definition) is 2. The molecule has 0 spiro atoms. The van der Waals surface area contributed by atoms with Crippen molar-refractivity contribution in [2.45, 2.75) is 51.2 Å². The highest BCUT2D eigenvalue weighted by Gasteiger charge is 2.30. The van der Waals surface area contributed by atoms with Crippen LogP contribution in [0.2, 0.25) is 0 Å². The molecule has 1 amide bonds. The molecule has 0 aliphatic heterocycles. The minimum atomic E-state index is -4.30. The number of nitrogens with zero attached hydrogens (tertiary/aromatic N) is 1. The van der Waals surface area contributed by atoms with Crippen molar-refractivity contribution in [2.75, 3.05) is 6.54 Å². The predicted octanol–water partition coefficient (Wildman–Crippen LogP) is 1.36. The van der Waals surface area contributed by atoms with Crippen molar-refractivity contribution < 1.29 is 27.7 Å². The van der Waals surface area contributed by atoms with E-state index in [4.69, 9.17) is 4.74 Å². The minimum absolute atomic E-state index is 0.300. The molecule has 1 aromatic rings. The van der Waals surface area contributed by atoms with Gasteiger partial charge in [-0.15, -0.1) is 0 Å². The Labute approximate surface area is 163 Å². The summed E-state index contributed by atoms with van der Waals surface area (Å²) in [7, 11) is -4.30. The average molecular weight is 415 g/mol. The van der Waals surface area contributed by atoms with E-state index in [0.29, 0.717) is 0 Å². The number of hydrogen-bond acceptors (Lipinski definition) is 7. The Kier molecular flexibility index (Phi) is 7.65. The Morgan fingerprint density at radius 3 is 2.29 bits per heavy atom. The molecule has 0 saturated heterocycles. The number of para-hydroxylation sites is 1. The van der Waals surface area contributed by atoms with Crippen LogP contribution in [-0.2, 0) is 24.3 Å². The summed E-state index contributed by atoms with van der Waals surface area (Å²) in [5.41, 5.74) is -1.35. The smallest absolute Gasteiger partial charge is 0.329 e. The molecule has 0 aromatic heterocycles. The van der Waals surface area contributed by atoms with Crippen molar-refractivity contribution in [2.24, 2.45) is 5.92 Å². The maximum Gasteiger partial charge on any atom is 0.329 e. The standard InChI is InChI=1S/C17H25N3O7S/c1-11(2)15(16(22)27-17(3,4)5)19-14(21)10-18-28(25,26)13-9-7-6-8-12(13)20(23)24/h6-9,11,15,18H,10H2,1-5H3,(H,19,21)/t15-/m0/s1. The molecule has 0 aliphatic carbocycles. The van der Waals surface area contributed by atoms with Gasteiger partial charge in [-0.3, -0.25) is 14.9 Å². The van der Waals surface area contributed by atoms with Gasteiger partial charge in [-0.05, 0) is 32.8 Å². The lowest BCUT2D eigenvalue weighted by molar-refractivity contribution is -0.387. The molecule has 0 radical (unpaired) electrons. The molecule has 0 unspecified atom stereocenters. The van der Waals surface area contributed by atoms with Gasteiger partial charge in [-0.1, -0.05) is 26.0 Å². The van der Waals surface area contributed by atoms with Crippen LogP contribution < -0.4 is 10.0 Å². The third-order valence-electron chi connectivity index (χ3n) is 3.42. The van der Waals surface area contributed by atoms with Crippen molar-refractivity contribution in [1.29, 1.82) is 0 Å². The number of carbonyl (C=O) groups is 2. The Bertz CT molecular complexity index is 845. The van der Waals surface area contributed by atoms with Crippen LogP contribution in [0.4, 0.5) is 5.69 Å². The van der Waals surface area contributed by atoms with Crippen LogP contribution in [0.15, 0.2) is 29.2 Å². The van der Waals surface area contributed by atoms with Gasteiger partial charge in [0.2, 0.25) is 15.9 Å². The average Bonchev–Trinajstić information content (AvgIpc) is 2.56. The predicted molar refractivity (Wildman–Crippen MR) is 101 cm³/mol. The van der Waals surface area contributed by atoms with E-state index in [-0.39, 0.29) is 5.92 Å². The first-order valence-corrected chi connectivity index (χ1v) is 9.98. The molecule has 1 atom stereocenters. The van der Waals surface area contributed by atoms with E-state index < -0.39 is 55.6 Å². The van der Waals surface area contributed by atoms with E-state index in [2.05, 4.69) is 5.32 Å². The van der Waals surface area contributed by atoms with Gasteiger partial charge in [-0.2, -0.15) is 0 Å². The molecule has 28 heavy (non-hydrogen) atoms. The maximum absolute atomic E-state index is 12.3. The van der Waals surface area contributed by atoms with Gasteiger partial charge < -0.3 is 10.1 Å². The van der Waals surface area contributed by atoms with E-state index in [1.807, 2.05) is 4.72 Å². The van der Waals surface area contributed by atoms with E-state index in [1.165, 1.54) is 12.1 Å². The number of rotatable bonds is 8. The van der Waals surface area contributed by atoms with Gasteiger partial charge in [0.05, 0.1) is 11.5 Å². The van der Waals surface area contributed by atoms with E-state index in [0.717, 1.165) is 12.1 Å². The lowest BCUT2D eigenvalue weighted by Gasteiger charge is -2.26. The molecule has 0 bridgehead atoms. The lowest BCUT2D eigenvalue weighted by atomic mass is 10.0. The maximum atomic E-state index is 12.3. The highest BCUT2D eigenvalue weighted by molar-refractivity contribution is 7.89. The third kappa shape index (κ3) is 6.89. The topological polar surface area (TPSA) is 145 Å². The first-order valence-electron chi connectivity index (χ1n) is 8.50. The number of nitro benzene ring substituents is 1. The van der Waals surface area contributed by atoms with Gasteiger partial charge in [-0.25, -0.2) is 17.9 Å². The zero-order chi connectivity index (χ0) is 21.7. The fourth-order valence-electron chi connectivity index (χ4n) is 2.16. The summed E-state index contributed by atoms with van der Waals surface area (Å²) < 4.78 is 31.9. The van der Waals surface area contributed by atoms with Gasteiger partial charge in [0.25, 0.3) is 5.69 Å². The van der Waals surface area contributed by atoms with Crippen LogP contribution in [-0.4, -0.2) is 43.4 Å². The van der Waals surface area contributed by atoms with E-state index in [1.54, 1.807) is 34.6 Å². The fraction of sp³-hybridized carbons (Fsp3) is 0.529. The van der Waals surface area contributed by atoms with Crippen LogP contribution in [0.1, 0.15) is 34.6 Å². The van der Waals surface area contributed by atoms with E-state index >= 15 is 0 Å². The van der Waals surface area contributed by atoms with Gasteiger partial charge in [0, 0.05) is 6.07 Å². The number of benzene rings is 1. The molecule has 0 fully saturated rings. The first-order chi connectivity index (χ1) is 12.7. The van der Waals surface area contributed by atoms with Crippen LogP contribution in [0.25, 0.3) is 0 Å². The molecule has 10 nitrogen and oxygen atoms in total. The monoisotopic (exact) mass is 415 g/mol. The molecule has 0 aliphatic rings. The number of nitrogens with one attached hydrogen (secondary N) is 2. The normalized spacial score (nSPS) is 13.1. The van der Waals surface area contributed by atoms with Crippen LogP contribution in [0, 0.1) is 16.0 Å². The van der Waals surface area contributed by atoms with Crippen LogP contribution in [0.5, 0.6) is 0 Å². The Balaban J connectivity index is 2.85. The van der Waals surface area contributed by atoms with Gasteiger partial charge in [0.15, 0.2) is 4.90 Å². The second-order valence-corrected chi connectivity index (χ2v) is 9.11. The summed E-state index contributed by atoms with van der Waals surface area (Å²) in [6.45, 7) is 7.76. The van der Waals surface area contributed by atoms with Crippen molar-refractivity contribution in [3.05, 3.63) is 34.4 Å². The molecular weight excluding hydrogens is 390 g/mol. The molecule has 1 rings (SSSR count). The third-order valence-corrected chi connectivity index (χ3v) is 4.87. The number of ether oxygens (including phenoxy) is 1. The van der Waals surface area contributed by atoms with Crippen molar-refractivity contribution in [3.63, 3.8) is 0 Å². The number of amides is 1. The molecular formula is C17H25N3O7S. The van der Waals surface area contributed by atoms with Crippen molar-refractivity contribution in [1.82, 2.24) is 10.0 Å². The highest BCUT2D eigenvalue weighted by Crippen LogP contribution is 2.22. The second kappa shape index (κ2) is 9.11. The molecule has 11 heteroatoms. The zero-order valence-corrected chi connectivity index (χ0v) is 17.2. The highest BCUT2D eigenvalue weighted by atomic mass is 32.2. The largest absolute Gasteiger partial charge is 0.458 e. The molecule has 156 valence electrons. The summed E-state index contributed by atoms with van der Waals surface area (Å²) in [4.78, 5) is 34.0. The quantitative estimate of drug-likeness (QED) is 0.370.